The molecule has 0 spiro atoms. The van der Waals surface area contributed by atoms with Gasteiger partial charge in [0.05, 0.1) is 10.6 Å². The topological polar surface area (TPSA) is 37.3 Å². The van der Waals surface area contributed by atoms with Gasteiger partial charge in [-0.1, -0.05) is 25.4 Å². The van der Waals surface area contributed by atoms with Crippen molar-refractivity contribution in [3.8, 4) is 0 Å². The monoisotopic (exact) mass is 222 g/mol. The summed E-state index contributed by atoms with van der Waals surface area (Å²) < 4.78 is 25.0. The van der Waals surface area contributed by atoms with Crippen LogP contribution in [0.1, 0.15) is 24.2 Å². The lowest BCUT2D eigenvalue weighted by Crippen LogP contribution is -1.98. The minimum Gasteiger partial charge on any atom is -0.478 e. The summed E-state index contributed by atoms with van der Waals surface area (Å²) in [4.78, 5) is 10.3. The van der Waals surface area contributed by atoms with E-state index in [0.717, 1.165) is 6.07 Å². The van der Waals surface area contributed by atoms with E-state index in [-0.39, 0.29) is 5.56 Å². The quantitative estimate of drug-likeness (QED) is 0.740. The number of aromatic carboxylic acids is 1. The van der Waals surface area contributed by atoms with E-state index < -0.39 is 22.6 Å². The number of rotatable bonds is 1. The zero-order chi connectivity index (χ0) is 11.3. The number of benzene rings is 1. The summed E-state index contributed by atoms with van der Waals surface area (Å²) in [6.45, 7) is 4.00. The van der Waals surface area contributed by atoms with Crippen LogP contribution >= 0.6 is 11.6 Å². The Morgan fingerprint density at radius 1 is 1.36 bits per heavy atom. The molecule has 2 nitrogen and oxygen atoms in total. The Morgan fingerprint density at radius 3 is 2.21 bits per heavy atom. The standard InChI is InChI=1S/C7H3ClF2O2.C2H6/c8-4-1-3(7(11)12)2-5(9)6(4)10;1-2/h1-2H,(H,11,12);1-2H3. The van der Waals surface area contributed by atoms with Gasteiger partial charge in [0.15, 0.2) is 11.6 Å². The Kier molecular flexibility index (Phi) is 5.09. The molecule has 0 aliphatic rings. The fourth-order valence-corrected chi connectivity index (χ4v) is 0.887. The Morgan fingerprint density at radius 2 is 1.86 bits per heavy atom. The molecule has 0 heterocycles. The van der Waals surface area contributed by atoms with Gasteiger partial charge in [0, 0.05) is 0 Å². The zero-order valence-corrected chi connectivity index (χ0v) is 8.40. The predicted molar refractivity (Wildman–Crippen MR) is 49.7 cm³/mol. The summed E-state index contributed by atoms with van der Waals surface area (Å²) in [6, 6.07) is 1.42. The molecule has 1 N–H and O–H groups in total. The van der Waals surface area contributed by atoms with Crippen LogP contribution in [0.5, 0.6) is 0 Å². The van der Waals surface area contributed by atoms with Gasteiger partial charge in [0.25, 0.3) is 0 Å². The van der Waals surface area contributed by atoms with Gasteiger partial charge >= 0.3 is 5.97 Å². The zero-order valence-electron chi connectivity index (χ0n) is 7.64. The van der Waals surface area contributed by atoms with Crippen molar-refractivity contribution >= 4 is 17.6 Å². The van der Waals surface area contributed by atoms with Gasteiger partial charge in [0.1, 0.15) is 0 Å². The first-order valence-electron chi connectivity index (χ1n) is 3.90. The average Bonchev–Trinajstić information content (AvgIpc) is 2.16. The van der Waals surface area contributed by atoms with Crippen LogP contribution in [-0.4, -0.2) is 11.1 Å². The number of carbonyl (C=O) groups is 1. The molecule has 14 heavy (non-hydrogen) atoms. The van der Waals surface area contributed by atoms with Gasteiger partial charge in [-0.15, -0.1) is 0 Å². The third-order valence-corrected chi connectivity index (χ3v) is 1.51. The first kappa shape index (κ1) is 12.8. The molecular formula is C9H9ClF2O2. The second kappa shape index (κ2) is 5.54. The normalized spacial score (nSPS) is 8.93. The van der Waals surface area contributed by atoms with E-state index in [4.69, 9.17) is 16.7 Å². The molecule has 0 aliphatic heterocycles. The third kappa shape index (κ3) is 2.96. The maximum atomic E-state index is 12.5. The largest absolute Gasteiger partial charge is 0.478 e. The van der Waals surface area contributed by atoms with Crippen LogP contribution in [0.4, 0.5) is 8.78 Å². The van der Waals surface area contributed by atoms with Gasteiger partial charge < -0.3 is 5.11 Å². The summed E-state index contributed by atoms with van der Waals surface area (Å²) in [6.07, 6.45) is 0. The van der Waals surface area contributed by atoms with E-state index in [2.05, 4.69) is 0 Å². The van der Waals surface area contributed by atoms with Crippen molar-refractivity contribution in [2.75, 3.05) is 0 Å². The van der Waals surface area contributed by atoms with Crippen LogP contribution in [0.3, 0.4) is 0 Å². The van der Waals surface area contributed by atoms with Crippen molar-refractivity contribution in [3.63, 3.8) is 0 Å². The summed E-state index contributed by atoms with van der Waals surface area (Å²) in [5.41, 5.74) is -0.376. The molecule has 0 atom stereocenters. The maximum absolute atomic E-state index is 12.5. The maximum Gasteiger partial charge on any atom is 0.335 e. The Balaban J connectivity index is 0.000000791. The van der Waals surface area contributed by atoms with E-state index in [9.17, 15) is 13.6 Å². The first-order chi connectivity index (χ1) is 6.52. The van der Waals surface area contributed by atoms with E-state index >= 15 is 0 Å². The highest BCUT2D eigenvalue weighted by Crippen LogP contribution is 2.19. The molecule has 0 bridgehead atoms. The van der Waals surface area contributed by atoms with E-state index in [1.807, 2.05) is 13.8 Å². The van der Waals surface area contributed by atoms with Gasteiger partial charge in [-0.3, -0.25) is 0 Å². The van der Waals surface area contributed by atoms with E-state index in [1.165, 1.54) is 0 Å². The lowest BCUT2D eigenvalue weighted by atomic mass is 10.2. The van der Waals surface area contributed by atoms with Crippen LogP contribution in [0.2, 0.25) is 5.02 Å². The highest BCUT2D eigenvalue weighted by molar-refractivity contribution is 6.31. The molecule has 0 saturated carbocycles. The number of carboxylic acid groups (broad SMARTS) is 1. The van der Waals surface area contributed by atoms with Crippen LogP contribution in [0.25, 0.3) is 0 Å². The molecule has 0 aliphatic carbocycles. The average molecular weight is 223 g/mol. The molecule has 5 heteroatoms. The van der Waals surface area contributed by atoms with Crippen molar-refractivity contribution in [1.29, 1.82) is 0 Å². The van der Waals surface area contributed by atoms with E-state index in [0.29, 0.717) is 6.07 Å². The van der Waals surface area contributed by atoms with Gasteiger partial charge in [-0.25, -0.2) is 13.6 Å². The van der Waals surface area contributed by atoms with Gasteiger partial charge in [-0.05, 0) is 12.1 Å². The van der Waals surface area contributed by atoms with Crippen LogP contribution in [0.15, 0.2) is 12.1 Å². The summed E-state index contributed by atoms with van der Waals surface area (Å²) in [7, 11) is 0. The molecule has 0 fully saturated rings. The molecule has 0 saturated heterocycles. The van der Waals surface area contributed by atoms with Crippen molar-refractivity contribution < 1.29 is 18.7 Å². The summed E-state index contributed by atoms with van der Waals surface area (Å²) in [5, 5.41) is 7.84. The third-order valence-electron chi connectivity index (χ3n) is 1.23. The molecule has 1 aromatic carbocycles. The Bertz CT molecular complexity index is 317. The lowest BCUT2D eigenvalue weighted by molar-refractivity contribution is 0.0696. The molecule has 0 aromatic heterocycles. The minimum atomic E-state index is -1.35. The number of carboxylic acids is 1. The SMILES string of the molecule is CC.O=C(O)c1cc(F)c(F)c(Cl)c1. The van der Waals surface area contributed by atoms with Crippen LogP contribution < -0.4 is 0 Å². The van der Waals surface area contributed by atoms with Crippen molar-refractivity contribution in [2.24, 2.45) is 0 Å². The van der Waals surface area contributed by atoms with Crippen molar-refractivity contribution in [2.45, 2.75) is 13.8 Å². The fraction of sp³-hybridized carbons (Fsp3) is 0.222. The highest BCUT2D eigenvalue weighted by Gasteiger charge is 2.12. The molecule has 0 radical (unpaired) electrons. The first-order valence-corrected chi connectivity index (χ1v) is 4.28. The van der Waals surface area contributed by atoms with Crippen LogP contribution in [-0.2, 0) is 0 Å². The van der Waals surface area contributed by atoms with E-state index in [1.54, 1.807) is 0 Å². The molecular weight excluding hydrogens is 214 g/mol. The second-order valence-electron chi connectivity index (χ2n) is 2.06. The predicted octanol–water partition coefficient (Wildman–Crippen LogP) is 3.34. The number of hydrogen-bond donors (Lipinski definition) is 1. The molecule has 78 valence electrons. The second-order valence-corrected chi connectivity index (χ2v) is 2.47. The molecule has 0 amide bonds. The van der Waals surface area contributed by atoms with Crippen molar-refractivity contribution in [1.82, 2.24) is 0 Å². The number of hydrogen-bond acceptors (Lipinski definition) is 1. The summed E-state index contributed by atoms with van der Waals surface area (Å²) >= 11 is 5.18. The van der Waals surface area contributed by atoms with Gasteiger partial charge in [-0.2, -0.15) is 0 Å². The Labute approximate surface area is 85.1 Å². The fourth-order valence-electron chi connectivity index (χ4n) is 0.679. The minimum absolute atomic E-state index is 0.376. The van der Waals surface area contributed by atoms with Gasteiger partial charge in [0.2, 0.25) is 0 Å². The lowest BCUT2D eigenvalue weighted by Gasteiger charge is -1.98. The highest BCUT2D eigenvalue weighted by atomic mass is 35.5. The van der Waals surface area contributed by atoms with Crippen LogP contribution in [0, 0.1) is 11.6 Å². The molecule has 1 rings (SSSR count). The number of halogens is 3. The smallest absolute Gasteiger partial charge is 0.335 e. The molecule has 0 unspecified atom stereocenters. The molecule has 1 aromatic rings. The Hall–Kier alpha value is -1.16. The van der Waals surface area contributed by atoms with Crippen molar-refractivity contribution in [3.05, 3.63) is 34.4 Å². The summed E-state index contributed by atoms with van der Waals surface area (Å²) in [5.74, 6) is -3.85.